The van der Waals surface area contributed by atoms with Crippen molar-refractivity contribution < 1.29 is 0 Å². The Morgan fingerprint density at radius 3 is 2.48 bits per heavy atom. The highest BCUT2D eigenvalue weighted by Gasteiger charge is 2.06. The van der Waals surface area contributed by atoms with Gasteiger partial charge >= 0.3 is 0 Å². The van der Waals surface area contributed by atoms with Gasteiger partial charge in [0.05, 0.1) is 0 Å². The van der Waals surface area contributed by atoms with E-state index in [0.717, 1.165) is 4.90 Å². The predicted octanol–water partition coefficient (Wildman–Crippen LogP) is 4.42. The Morgan fingerprint density at radius 2 is 1.71 bits per heavy atom. The lowest BCUT2D eigenvalue weighted by molar-refractivity contribution is 0.971. The number of nitrogens with one attached hydrogen (secondary N) is 1. The van der Waals surface area contributed by atoms with Crippen molar-refractivity contribution in [3.05, 3.63) is 65.9 Å². The van der Waals surface area contributed by atoms with E-state index in [9.17, 15) is 0 Å². The molecule has 0 aliphatic carbocycles. The lowest BCUT2D eigenvalue weighted by atomic mass is 10.4. The summed E-state index contributed by atoms with van der Waals surface area (Å²) in [5, 5.41) is 4.09. The summed E-state index contributed by atoms with van der Waals surface area (Å²) in [7, 11) is 0. The number of benzene rings is 1. The van der Waals surface area contributed by atoms with E-state index in [0.29, 0.717) is 21.9 Å². The largest absolute Gasteiger partial charge is 0.325 e. The fourth-order valence-corrected chi connectivity index (χ4v) is 2.69. The van der Waals surface area contributed by atoms with Crippen molar-refractivity contribution in [2.24, 2.45) is 0 Å². The standard InChI is InChI=1S/C15H11ClN4S/c16-12-10-14(19-13-8-4-5-9-17-13)20-15(18-12)21-11-6-2-1-3-7-11/h1-10H,(H,17,18,19,20). The molecule has 21 heavy (non-hydrogen) atoms. The highest BCUT2D eigenvalue weighted by atomic mass is 35.5. The van der Waals surface area contributed by atoms with Crippen LogP contribution in [0.3, 0.4) is 0 Å². The number of anilines is 2. The molecule has 0 unspecified atom stereocenters. The molecule has 0 aliphatic heterocycles. The third kappa shape index (κ3) is 3.93. The summed E-state index contributed by atoms with van der Waals surface area (Å²) in [5.41, 5.74) is 0. The zero-order valence-corrected chi connectivity index (χ0v) is 12.5. The van der Waals surface area contributed by atoms with Gasteiger partial charge in [0.1, 0.15) is 16.8 Å². The van der Waals surface area contributed by atoms with Crippen molar-refractivity contribution in [1.29, 1.82) is 0 Å². The monoisotopic (exact) mass is 314 g/mol. The van der Waals surface area contributed by atoms with Crippen LogP contribution in [0.25, 0.3) is 0 Å². The molecule has 2 aromatic heterocycles. The van der Waals surface area contributed by atoms with Gasteiger partial charge in [-0.3, -0.25) is 0 Å². The fraction of sp³-hybridized carbons (Fsp3) is 0. The number of nitrogens with zero attached hydrogens (tertiary/aromatic N) is 3. The number of halogens is 1. The molecule has 0 bridgehead atoms. The minimum Gasteiger partial charge on any atom is -0.325 e. The molecular weight excluding hydrogens is 304 g/mol. The predicted molar refractivity (Wildman–Crippen MR) is 85.1 cm³/mol. The lowest BCUT2D eigenvalue weighted by Gasteiger charge is -2.06. The van der Waals surface area contributed by atoms with Crippen LogP contribution in [-0.2, 0) is 0 Å². The van der Waals surface area contributed by atoms with Gasteiger partial charge in [-0.25, -0.2) is 15.0 Å². The number of rotatable bonds is 4. The normalized spacial score (nSPS) is 10.3. The molecule has 0 aliphatic rings. The summed E-state index contributed by atoms with van der Waals surface area (Å²) in [6.07, 6.45) is 1.71. The van der Waals surface area contributed by atoms with Gasteiger partial charge < -0.3 is 5.32 Å². The Balaban J connectivity index is 1.83. The maximum Gasteiger partial charge on any atom is 0.195 e. The summed E-state index contributed by atoms with van der Waals surface area (Å²) in [5.74, 6) is 1.33. The smallest absolute Gasteiger partial charge is 0.195 e. The molecule has 3 aromatic rings. The molecule has 1 N–H and O–H groups in total. The minimum atomic E-state index is 0.391. The van der Waals surface area contributed by atoms with Crippen LogP contribution in [-0.4, -0.2) is 15.0 Å². The summed E-state index contributed by atoms with van der Waals surface area (Å²) >= 11 is 7.52. The molecule has 0 fully saturated rings. The van der Waals surface area contributed by atoms with E-state index >= 15 is 0 Å². The second-order valence-corrected chi connectivity index (χ2v) is 5.54. The zero-order valence-electron chi connectivity index (χ0n) is 10.9. The van der Waals surface area contributed by atoms with E-state index in [1.807, 2.05) is 48.5 Å². The second kappa shape index (κ2) is 6.56. The number of pyridine rings is 1. The second-order valence-electron chi connectivity index (χ2n) is 4.11. The highest BCUT2D eigenvalue weighted by molar-refractivity contribution is 7.99. The molecule has 0 atom stereocenters. The molecule has 1 aromatic carbocycles. The van der Waals surface area contributed by atoms with Crippen molar-refractivity contribution >= 4 is 35.0 Å². The summed E-state index contributed by atoms with van der Waals surface area (Å²) < 4.78 is 0. The van der Waals surface area contributed by atoms with Crippen LogP contribution in [0, 0.1) is 0 Å². The first-order chi connectivity index (χ1) is 10.3. The Labute approximate surface area is 131 Å². The Morgan fingerprint density at radius 1 is 0.905 bits per heavy atom. The first-order valence-corrected chi connectivity index (χ1v) is 7.44. The molecule has 4 nitrogen and oxygen atoms in total. The van der Waals surface area contributed by atoms with Gasteiger partial charge in [0, 0.05) is 17.2 Å². The zero-order chi connectivity index (χ0) is 14.5. The summed E-state index contributed by atoms with van der Waals surface area (Å²) in [4.78, 5) is 13.9. The molecule has 0 radical (unpaired) electrons. The van der Waals surface area contributed by atoms with Crippen LogP contribution in [0.1, 0.15) is 0 Å². The van der Waals surface area contributed by atoms with Crippen LogP contribution in [0.2, 0.25) is 5.15 Å². The number of aromatic nitrogens is 3. The van der Waals surface area contributed by atoms with Crippen molar-refractivity contribution in [3.63, 3.8) is 0 Å². The molecule has 2 heterocycles. The van der Waals surface area contributed by atoms with E-state index in [4.69, 9.17) is 11.6 Å². The van der Waals surface area contributed by atoms with Crippen LogP contribution < -0.4 is 5.32 Å². The van der Waals surface area contributed by atoms with Crippen molar-refractivity contribution in [1.82, 2.24) is 15.0 Å². The topological polar surface area (TPSA) is 50.7 Å². The molecule has 6 heteroatoms. The van der Waals surface area contributed by atoms with Gasteiger partial charge in [0.2, 0.25) is 0 Å². The Bertz CT molecular complexity index is 663. The Hall–Kier alpha value is -2.11. The molecule has 0 spiro atoms. The third-order valence-corrected chi connectivity index (χ3v) is 3.61. The van der Waals surface area contributed by atoms with E-state index in [1.165, 1.54) is 11.8 Å². The Kier molecular flexibility index (Phi) is 4.33. The maximum absolute atomic E-state index is 6.06. The summed E-state index contributed by atoms with van der Waals surface area (Å²) in [6, 6.07) is 17.2. The molecule has 0 saturated carbocycles. The minimum absolute atomic E-state index is 0.391. The molecule has 104 valence electrons. The highest BCUT2D eigenvalue weighted by Crippen LogP contribution is 2.27. The molecular formula is C15H11ClN4S. The number of hydrogen-bond donors (Lipinski definition) is 1. The van der Waals surface area contributed by atoms with Crippen LogP contribution in [0.4, 0.5) is 11.6 Å². The first-order valence-electron chi connectivity index (χ1n) is 6.25. The summed E-state index contributed by atoms with van der Waals surface area (Å²) in [6.45, 7) is 0. The van der Waals surface area contributed by atoms with E-state index in [2.05, 4.69) is 20.3 Å². The quantitative estimate of drug-likeness (QED) is 0.570. The van der Waals surface area contributed by atoms with Crippen LogP contribution in [0.15, 0.2) is 70.8 Å². The van der Waals surface area contributed by atoms with Gasteiger partial charge in [0.25, 0.3) is 0 Å². The lowest BCUT2D eigenvalue weighted by Crippen LogP contribution is -1.98. The van der Waals surface area contributed by atoms with Gasteiger partial charge in [-0.15, -0.1) is 0 Å². The van der Waals surface area contributed by atoms with Crippen LogP contribution in [0.5, 0.6) is 0 Å². The first kappa shape index (κ1) is 13.9. The number of hydrogen-bond acceptors (Lipinski definition) is 5. The van der Waals surface area contributed by atoms with E-state index < -0.39 is 0 Å². The van der Waals surface area contributed by atoms with E-state index in [-0.39, 0.29) is 0 Å². The van der Waals surface area contributed by atoms with Gasteiger partial charge in [-0.05, 0) is 36.0 Å². The molecule has 0 amide bonds. The van der Waals surface area contributed by atoms with Crippen molar-refractivity contribution in [2.45, 2.75) is 10.1 Å². The maximum atomic E-state index is 6.06. The average molecular weight is 315 g/mol. The van der Waals surface area contributed by atoms with Gasteiger partial charge in [0.15, 0.2) is 5.16 Å². The van der Waals surface area contributed by atoms with Crippen molar-refractivity contribution in [3.8, 4) is 0 Å². The fourth-order valence-electron chi connectivity index (χ4n) is 1.67. The SMILES string of the molecule is Clc1cc(Nc2ccccn2)nc(Sc2ccccc2)n1. The van der Waals surface area contributed by atoms with Gasteiger partial charge in [-0.1, -0.05) is 35.9 Å². The van der Waals surface area contributed by atoms with Crippen molar-refractivity contribution in [2.75, 3.05) is 5.32 Å². The van der Waals surface area contributed by atoms with Gasteiger partial charge in [-0.2, -0.15) is 0 Å². The van der Waals surface area contributed by atoms with E-state index in [1.54, 1.807) is 12.3 Å². The molecule has 3 rings (SSSR count). The van der Waals surface area contributed by atoms with Crippen LogP contribution >= 0.6 is 23.4 Å². The third-order valence-electron chi connectivity index (χ3n) is 2.55. The molecule has 0 saturated heterocycles. The average Bonchev–Trinajstić information content (AvgIpc) is 2.48.